The number of ether oxygens (including phenoxy) is 1. The van der Waals surface area contributed by atoms with Gasteiger partial charge >= 0.3 is 0 Å². The van der Waals surface area contributed by atoms with Crippen LogP contribution in [0.2, 0.25) is 0 Å². The summed E-state index contributed by atoms with van der Waals surface area (Å²) in [4.78, 5) is 0. The van der Waals surface area contributed by atoms with Crippen LogP contribution in [0, 0.1) is 12.7 Å². The van der Waals surface area contributed by atoms with Crippen molar-refractivity contribution in [3.8, 4) is 11.5 Å². The predicted octanol–water partition coefficient (Wildman–Crippen LogP) is 4.04. The van der Waals surface area contributed by atoms with Gasteiger partial charge in [-0.2, -0.15) is 0 Å². The average molecular weight is 259 g/mol. The zero-order valence-corrected chi connectivity index (χ0v) is 11.2. The fourth-order valence-electron chi connectivity index (χ4n) is 1.84. The Morgan fingerprint density at radius 3 is 2.53 bits per heavy atom. The van der Waals surface area contributed by atoms with E-state index in [4.69, 9.17) is 4.74 Å². The molecule has 2 aromatic rings. The van der Waals surface area contributed by atoms with E-state index in [-0.39, 0.29) is 5.82 Å². The van der Waals surface area contributed by atoms with Gasteiger partial charge in [0, 0.05) is 12.1 Å². The summed E-state index contributed by atoms with van der Waals surface area (Å²) in [6, 6.07) is 12.1. The summed E-state index contributed by atoms with van der Waals surface area (Å²) in [5.74, 6) is 1.19. The van der Waals surface area contributed by atoms with Crippen LogP contribution in [0.15, 0.2) is 42.5 Å². The first kappa shape index (κ1) is 13.6. The Kier molecular flexibility index (Phi) is 4.53. The molecule has 0 unspecified atom stereocenters. The van der Waals surface area contributed by atoms with Gasteiger partial charge in [0.05, 0.1) is 0 Å². The van der Waals surface area contributed by atoms with Gasteiger partial charge in [0.2, 0.25) is 0 Å². The van der Waals surface area contributed by atoms with Crippen LogP contribution in [-0.4, -0.2) is 6.54 Å². The van der Waals surface area contributed by atoms with E-state index in [1.165, 1.54) is 17.7 Å². The smallest absolute Gasteiger partial charge is 0.131 e. The SMILES string of the molecule is CCNCc1cc(C)ccc1Oc1ccc(F)cc1. The quantitative estimate of drug-likeness (QED) is 0.875. The third-order valence-electron chi connectivity index (χ3n) is 2.82. The molecular weight excluding hydrogens is 241 g/mol. The van der Waals surface area contributed by atoms with Crippen molar-refractivity contribution in [3.05, 3.63) is 59.4 Å². The third-order valence-corrected chi connectivity index (χ3v) is 2.82. The zero-order chi connectivity index (χ0) is 13.7. The van der Waals surface area contributed by atoms with E-state index < -0.39 is 0 Å². The molecule has 0 fully saturated rings. The molecule has 0 saturated heterocycles. The molecule has 0 radical (unpaired) electrons. The highest BCUT2D eigenvalue weighted by atomic mass is 19.1. The van der Waals surface area contributed by atoms with Gasteiger partial charge in [0.15, 0.2) is 0 Å². The number of halogens is 1. The number of hydrogen-bond donors (Lipinski definition) is 1. The molecule has 19 heavy (non-hydrogen) atoms. The molecule has 0 aliphatic carbocycles. The molecule has 0 heterocycles. The van der Waals surface area contributed by atoms with Crippen LogP contribution >= 0.6 is 0 Å². The molecule has 0 aliphatic heterocycles. The first-order valence-corrected chi connectivity index (χ1v) is 6.42. The van der Waals surface area contributed by atoms with Gasteiger partial charge in [-0.1, -0.05) is 24.6 Å². The maximum Gasteiger partial charge on any atom is 0.131 e. The van der Waals surface area contributed by atoms with E-state index in [2.05, 4.69) is 25.2 Å². The van der Waals surface area contributed by atoms with Crippen LogP contribution in [-0.2, 0) is 6.54 Å². The van der Waals surface area contributed by atoms with Crippen molar-refractivity contribution in [2.75, 3.05) is 6.54 Å². The summed E-state index contributed by atoms with van der Waals surface area (Å²) in [6.07, 6.45) is 0. The zero-order valence-electron chi connectivity index (χ0n) is 11.2. The molecule has 3 heteroatoms. The number of nitrogens with one attached hydrogen (secondary N) is 1. The Bertz CT molecular complexity index is 537. The second-order valence-electron chi connectivity index (χ2n) is 4.45. The number of aryl methyl sites for hydroxylation is 1. The molecule has 0 amide bonds. The first-order valence-electron chi connectivity index (χ1n) is 6.42. The van der Waals surface area contributed by atoms with Crippen molar-refractivity contribution in [2.24, 2.45) is 0 Å². The van der Waals surface area contributed by atoms with E-state index in [0.29, 0.717) is 5.75 Å². The summed E-state index contributed by atoms with van der Waals surface area (Å²) in [7, 11) is 0. The number of hydrogen-bond acceptors (Lipinski definition) is 2. The monoisotopic (exact) mass is 259 g/mol. The van der Waals surface area contributed by atoms with Crippen molar-refractivity contribution in [2.45, 2.75) is 20.4 Å². The Hall–Kier alpha value is -1.87. The van der Waals surface area contributed by atoms with Crippen LogP contribution in [0.4, 0.5) is 4.39 Å². The maximum atomic E-state index is 12.9. The first-order chi connectivity index (χ1) is 9.19. The Morgan fingerprint density at radius 2 is 1.84 bits per heavy atom. The summed E-state index contributed by atoms with van der Waals surface area (Å²) in [5.41, 5.74) is 2.30. The van der Waals surface area contributed by atoms with Gasteiger partial charge < -0.3 is 10.1 Å². The van der Waals surface area contributed by atoms with Gasteiger partial charge in [0.1, 0.15) is 17.3 Å². The predicted molar refractivity (Wildman–Crippen MR) is 75.0 cm³/mol. The van der Waals surface area contributed by atoms with Crippen molar-refractivity contribution >= 4 is 0 Å². The molecule has 100 valence electrons. The molecule has 0 spiro atoms. The lowest BCUT2D eigenvalue weighted by Gasteiger charge is -2.12. The van der Waals surface area contributed by atoms with Crippen LogP contribution in [0.3, 0.4) is 0 Å². The van der Waals surface area contributed by atoms with Crippen LogP contribution in [0.5, 0.6) is 11.5 Å². The standard InChI is InChI=1S/C16H18FNO/c1-3-18-11-13-10-12(2)4-9-16(13)19-15-7-5-14(17)6-8-15/h4-10,18H,3,11H2,1-2H3. The van der Waals surface area contributed by atoms with Crippen molar-refractivity contribution < 1.29 is 9.13 Å². The number of rotatable bonds is 5. The molecule has 0 saturated carbocycles. The topological polar surface area (TPSA) is 21.3 Å². The van der Waals surface area contributed by atoms with Gasteiger partial charge in [0.25, 0.3) is 0 Å². The summed E-state index contributed by atoms with van der Waals surface area (Å²) in [6.45, 7) is 5.78. The van der Waals surface area contributed by atoms with Crippen molar-refractivity contribution in [1.29, 1.82) is 0 Å². The minimum atomic E-state index is -0.260. The van der Waals surface area contributed by atoms with Crippen LogP contribution in [0.1, 0.15) is 18.1 Å². The van der Waals surface area contributed by atoms with E-state index in [0.717, 1.165) is 24.4 Å². The van der Waals surface area contributed by atoms with E-state index in [1.807, 2.05) is 12.1 Å². The molecule has 0 aromatic heterocycles. The molecule has 2 aromatic carbocycles. The average Bonchev–Trinajstić information content (AvgIpc) is 2.41. The van der Waals surface area contributed by atoms with Crippen LogP contribution < -0.4 is 10.1 Å². The largest absolute Gasteiger partial charge is 0.457 e. The normalized spacial score (nSPS) is 10.5. The molecule has 2 rings (SSSR count). The van der Waals surface area contributed by atoms with Crippen LogP contribution in [0.25, 0.3) is 0 Å². The Morgan fingerprint density at radius 1 is 1.11 bits per heavy atom. The molecule has 2 nitrogen and oxygen atoms in total. The molecular formula is C16H18FNO. The highest BCUT2D eigenvalue weighted by Gasteiger charge is 2.05. The van der Waals surface area contributed by atoms with Gasteiger partial charge in [-0.25, -0.2) is 4.39 Å². The van der Waals surface area contributed by atoms with E-state index in [1.54, 1.807) is 12.1 Å². The summed E-state index contributed by atoms with van der Waals surface area (Å²) in [5, 5.41) is 3.29. The maximum absolute atomic E-state index is 12.9. The minimum absolute atomic E-state index is 0.260. The minimum Gasteiger partial charge on any atom is -0.457 e. The second kappa shape index (κ2) is 6.34. The highest BCUT2D eigenvalue weighted by molar-refractivity contribution is 5.40. The highest BCUT2D eigenvalue weighted by Crippen LogP contribution is 2.26. The van der Waals surface area contributed by atoms with Gasteiger partial charge in [-0.05, 0) is 43.8 Å². The van der Waals surface area contributed by atoms with Crippen molar-refractivity contribution in [1.82, 2.24) is 5.32 Å². The second-order valence-corrected chi connectivity index (χ2v) is 4.45. The summed E-state index contributed by atoms with van der Waals surface area (Å²) >= 11 is 0. The van der Waals surface area contributed by atoms with E-state index in [9.17, 15) is 4.39 Å². The van der Waals surface area contributed by atoms with Gasteiger partial charge in [-0.15, -0.1) is 0 Å². The molecule has 0 aliphatic rings. The summed E-state index contributed by atoms with van der Waals surface area (Å²) < 4.78 is 18.7. The third kappa shape index (κ3) is 3.80. The fraction of sp³-hybridized carbons (Fsp3) is 0.250. The molecule has 0 bridgehead atoms. The Balaban J connectivity index is 2.20. The molecule has 1 N–H and O–H groups in total. The van der Waals surface area contributed by atoms with Gasteiger partial charge in [-0.3, -0.25) is 0 Å². The lowest BCUT2D eigenvalue weighted by molar-refractivity contribution is 0.471. The molecule has 0 atom stereocenters. The lowest BCUT2D eigenvalue weighted by atomic mass is 10.1. The van der Waals surface area contributed by atoms with E-state index >= 15 is 0 Å². The van der Waals surface area contributed by atoms with Crippen molar-refractivity contribution in [3.63, 3.8) is 0 Å². The fourth-order valence-corrected chi connectivity index (χ4v) is 1.84. The Labute approximate surface area is 113 Å². The lowest BCUT2D eigenvalue weighted by Crippen LogP contribution is -2.12. The number of benzene rings is 2.